The summed E-state index contributed by atoms with van der Waals surface area (Å²) in [5.74, 6) is 0.321. The van der Waals surface area contributed by atoms with Gasteiger partial charge in [0.15, 0.2) is 0 Å². The number of halogens is 2. The molecule has 2 N–H and O–H groups in total. The monoisotopic (exact) mass is 343 g/mol. The van der Waals surface area contributed by atoms with Crippen LogP contribution in [-0.4, -0.2) is 44.0 Å². The quantitative estimate of drug-likeness (QED) is 0.871. The summed E-state index contributed by atoms with van der Waals surface area (Å²) in [6, 6.07) is 4.73. The van der Waals surface area contributed by atoms with Crippen molar-refractivity contribution in [1.29, 1.82) is 0 Å². The van der Waals surface area contributed by atoms with Crippen molar-refractivity contribution in [3.63, 3.8) is 0 Å². The van der Waals surface area contributed by atoms with Gasteiger partial charge in [-0.2, -0.15) is 10.1 Å². The minimum absolute atomic E-state index is 0.159. The van der Waals surface area contributed by atoms with E-state index >= 15 is 0 Å². The van der Waals surface area contributed by atoms with Gasteiger partial charge >= 0.3 is 6.03 Å². The first-order chi connectivity index (χ1) is 10.5. The lowest BCUT2D eigenvalue weighted by molar-refractivity contribution is 0.185. The largest absolute Gasteiger partial charge is 0.395 e. The van der Waals surface area contributed by atoms with E-state index in [1.54, 1.807) is 25.2 Å². The van der Waals surface area contributed by atoms with Gasteiger partial charge in [-0.15, -0.1) is 0 Å². The number of hydrogen-bond donors (Lipinski definition) is 2. The standard InChI is InChI=1S/C13H15Cl2N5O2/c1-19-12(16-8-17-19)18-13(22)20(4-5-21)7-9-2-3-10(14)11(15)6-9/h2-3,6,8,21H,4-5,7H2,1H3,(H,16,17,18,22). The summed E-state index contributed by atoms with van der Waals surface area (Å²) in [7, 11) is 1.66. The summed E-state index contributed by atoms with van der Waals surface area (Å²) in [5.41, 5.74) is 0.802. The van der Waals surface area contributed by atoms with E-state index in [0.717, 1.165) is 5.56 Å². The van der Waals surface area contributed by atoms with E-state index in [1.165, 1.54) is 15.9 Å². The minimum atomic E-state index is -0.392. The predicted octanol–water partition coefficient (Wildman–Crippen LogP) is 2.15. The van der Waals surface area contributed by atoms with Crippen molar-refractivity contribution < 1.29 is 9.90 Å². The topological polar surface area (TPSA) is 83.3 Å². The molecule has 0 aliphatic rings. The molecule has 2 amide bonds. The summed E-state index contributed by atoms with van der Waals surface area (Å²) < 4.78 is 1.44. The van der Waals surface area contributed by atoms with E-state index < -0.39 is 6.03 Å². The van der Waals surface area contributed by atoms with Crippen LogP contribution < -0.4 is 5.32 Å². The van der Waals surface area contributed by atoms with Crippen molar-refractivity contribution in [3.05, 3.63) is 40.1 Å². The number of aryl methyl sites for hydroxylation is 1. The molecule has 9 heteroatoms. The fourth-order valence-electron chi connectivity index (χ4n) is 1.82. The summed E-state index contributed by atoms with van der Waals surface area (Å²) in [6.07, 6.45) is 1.34. The van der Waals surface area contributed by atoms with E-state index in [0.29, 0.717) is 16.0 Å². The second kappa shape index (κ2) is 7.44. The van der Waals surface area contributed by atoms with Gasteiger partial charge in [-0.25, -0.2) is 9.48 Å². The molecule has 0 aliphatic heterocycles. The Hall–Kier alpha value is -1.83. The molecular weight excluding hydrogens is 329 g/mol. The zero-order valence-electron chi connectivity index (χ0n) is 11.8. The van der Waals surface area contributed by atoms with Crippen LogP contribution in [0.1, 0.15) is 5.56 Å². The Kier molecular flexibility index (Phi) is 5.59. The lowest BCUT2D eigenvalue weighted by Gasteiger charge is -2.22. The number of urea groups is 1. The highest BCUT2D eigenvalue weighted by molar-refractivity contribution is 6.42. The number of aliphatic hydroxyl groups excluding tert-OH is 1. The average molecular weight is 344 g/mol. The molecule has 0 saturated heterocycles. The highest BCUT2D eigenvalue weighted by Crippen LogP contribution is 2.23. The number of anilines is 1. The maximum atomic E-state index is 12.3. The molecule has 1 aromatic carbocycles. The molecule has 0 spiro atoms. The maximum absolute atomic E-state index is 12.3. The molecule has 0 aliphatic carbocycles. The average Bonchev–Trinajstić information content (AvgIpc) is 2.87. The molecule has 2 aromatic rings. The number of hydrogen-bond acceptors (Lipinski definition) is 4. The van der Waals surface area contributed by atoms with Gasteiger partial charge in [0.05, 0.1) is 16.7 Å². The van der Waals surface area contributed by atoms with Gasteiger partial charge in [-0.1, -0.05) is 29.3 Å². The molecule has 0 radical (unpaired) electrons. The number of rotatable bonds is 5. The highest BCUT2D eigenvalue weighted by atomic mass is 35.5. The van der Waals surface area contributed by atoms with Crippen molar-refractivity contribution in [2.45, 2.75) is 6.54 Å². The first-order valence-electron chi connectivity index (χ1n) is 6.46. The van der Waals surface area contributed by atoms with E-state index in [2.05, 4.69) is 15.4 Å². The number of nitrogens with zero attached hydrogens (tertiary/aromatic N) is 4. The van der Waals surface area contributed by atoms with Gasteiger partial charge in [0, 0.05) is 20.1 Å². The number of aromatic nitrogens is 3. The molecular formula is C13H15Cl2N5O2. The molecule has 1 aromatic heterocycles. The summed E-state index contributed by atoms with van der Waals surface area (Å²) >= 11 is 11.8. The second-order valence-electron chi connectivity index (χ2n) is 4.53. The molecule has 0 atom stereocenters. The third kappa shape index (κ3) is 4.09. The van der Waals surface area contributed by atoms with Gasteiger partial charge in [0.2, 0.25) is 5.95 Å². The normalized spacial score (nSPS) is 10.5. The van der Waals surface area contributed by atoms with Crippen LogP contribution in [0, 0.1) is 0 Å². The van der Waals surface area contributed by atoms with E-state index in [9.17, 15) is 4.79 Å². The van der Waals surface area contributed by atoms with E-state index in [1.807, 2.05) is 0 Å². The molecule has 0 bridgehead atoms. The van der Waals surface area contributed by atoms with Crippen LogP contribution in [0.25, 0.3) is 0 Å². The zero-order valence-corrected chi connectivity index (χ0v) is 13.3. The number of benzene rings is 1. The molecule has 7 nitrogen and oxygen atoms in total. The van der Waals surface area contributed by atoms with E-state index in [-0.39, 0.29) is 19.7 Å². The Morgan fingerprint density at radius 1 is 1.41 bits per heavy atom. The summed E-state index contributed by atoms with van der Waals surface area (Å²) in [5, 5.41) is 16.5. The fraction of sp³-hybridized carbons (Fsp3) is 0.308. The molecule has 0 fully saturated rings. The minimum Gasteiger partial charge on any atom is -0.395 e. The Labute approximate surface area is 137 Å². The molecule has 1 heterocycles. The van der Waals surface area contributed by atoms with Crippen LogP contribution >= 0.6 is 23.2 Å². The van der Waals surface area contributed by atoms with Crippen molar-refractivity contribution >= 4 is 35.2 Å². The van der Waals surface area contributed by atoms with Crippen LogP contribution in [0.15, 0.2) is 24.5 Å². The summed E-state index contributed by atoms with van der Waals surface area (Å²) in [4.78, 5) is 17.6. The van der Waals surface area contributed by atoms with Gasteiger partial charge in [0.1, 0.15) is 6.33 Å². The Morgan fingerprint density at radius 2 is 2.18 bits per heavy atom. The van der Waals surface area contributed by atoms with Gasteiger partial charge in [-0.3, -0.25) is 5.32 Å². The Morgan fingerprint density at radius 3 is 2.77 bits per heavy atom. The van der Waals surface area contributed by atoms with E-state index in [4.69, 9.17) is 28.3 Å². The van der Waals surface area contributed by atoms with Gasteiger partial charge < -0.3 is 10.0 Å². The summed E-state index contributed by atoms with van der Waals surface area (Å²) in [6.45, 7) is 0.290. The molecule has 2 rings (SSSR count). The lowest BCUT2D eigenvalue weighted by atomic mass is 10.2. The van der Waals surface area contributed by atoms with Crippen molar-refractivity contribution in [1.82, 2.24) is 19.7 Å². The third-order valence-electron chi connectivity index (χ3n) is 2.94. The predicted molar refractivity (Wildman–Crippen MR) is 84.0 cm³/mol. The fourth-order valence-corrected chi connectivity index (χ4v) is 2.14. The zero-order chi connectivity index (χ0) is 16.1. The number of nitrogens with one attached hydrogen (secondary N) is 1. The maximum Gasteiger partial charge on any atom is 0.324 e. The van der Waals surface area contributed by atoms with Gasteiger partial charge in [-0.05, 0) is 17.7 Å². The Bertz CT molecular complexity index is 662. The Balaban J connectivity index is 2.09. The molecule has 22 heavy (non-hydrogen) atoms. The first kappa shape index (κ1) is 16.5. The van der Waals surface area contributed by atoms with Crippen molar-refractivity contribution in [3.8, 4) is 0 Å². The number of aliphatic hydroxyl groups is 1. The van der Waals surface area contributed by atoms with Crippen LogP contribution in [0.4, 0.5) is 10.7 Å². The van der Waals surface area contributed by atoms with Crippen LogP contribution in [0.3, 0.4) is 0 Å². The highest BCUT2D eigenvalue weighted by Gasteiger charge is 2.16. The first-order valence-corrected chi connectivity index (χ1v) is 7.21. The molecule has 118 valence electrons. The van der Waals surface area contributed by atoms with Crippen molar-refractivity contribution in [2.75, 3.05) is 18.5 Å². The van der Waals surface area contributed by atoms with Crippen LogP contribution in [0.5, 0.6) is 0 Å². The lowest BCUT2D eigenvalue weighted by Crippen LogP contribution is -2.37. The smallest absolute Gasteiger partial charge is 0.324 e. The number of carbonyl (C=O) groups excluding carboxylic acids is 1. The van der Waals surface area contributed by atoms with Crippen LogP contribution in [0.2, 0.25) is 10.0 Å². The number of amides is 2. The second-order valence-corrected chi connectivity index (χ2v) is 5.35. The third-order valence-corrected chi connectivity index (χ3v) is 3.68. The molecule has 0 unspecified atom stereocenters. The SMILES string of the molecule is Cn1ncnc1NC(=O)N(CCO)Cc1ccc(Cl)c(Cl)c1. The van der Waals surface area contributed by atoms with Gasteiger partial charge in [0.25, 0.3) is 0 Å². The molecule has 0 saturated carbocycles. The van der Waals surface area contributed by atoms with Crippen molar-refractivity contribution in [2.24, 2.45) is 7.05 Å². The van der Waals surface area contributed by atoms with Crippen LogP contribution in [-0.2, 0) is 13.6 Å². The number of carbonyl (C=O) groups is 1.